The van der Waals surface area contributed by atoms with Gasteiger partial charge in [-0.3, -0.25) is 4.90 Å². The number of rotatable bonds is 9. The molecular weight excluding hydrogens is 426 g/mol. The molecule has 2 aromatic heterocycles. The highest BCUT2D eigenvalue weighted by atomic mass is 15.3. The molecule has 5 rings (SSSR count). The smallest absolute Gasteiger partial charge is 0.229 e. The van der Waals surface area contributed by atoms with Crippen molar-refractivity contribution in [2.45, 2.75) is 6.42 Å². The number of anilines is 4. The molecule has 0 atom stereocenters. The van der Waals surface area contributed by atoms with Crippen LogP contribution in [0.25, 0.3) is 10.9 Å². The summed E-state index contributed by atoms with van der Waals surface area (Å²) in [5, 5.41) is 7.82. The average molecular weight is 458 g/mol. The van der Waals surface area contributed by atoms with Crippen LogP contribution in [0.3, 0.4) is 0 Å². The van der Waals surface area contributed by atoms with Gasteiger partial charge in [0.25, 0.3) is 0 Å². The maximum absolute atomic E-state index is 5.92. The Morgan fingerprint density at radius 2 is 1.53 bits per heavy atom. The number of benzene rings is 2. The van der Waals surface area contributed by atoms with Gasteiger partial charge in [-0.05, 0) is 30.2 Å². The Bertz CT molecular complexity index is 1200. The van der Waals surface area contributed by atoms with Gasteiger partial charge in [-0.25, -0.2) is 0 Å². The summed E-state index contributed by atoms with van der Waals surface area (Å²) in [5.41, 5.74) is 9.63. The molecule has 0 bridgehead atoms. The van der Waals surface area contributed by atoms with E-state index in [9.17, 15) is 0 Å². The molecule has 5 N–H and O–H groups in total. The quantitative estimate of drug-likeness (QED) is 0.304. The summed E-state index contributed by atoms with van der Waals surface area (Å²) in [7, 11) is 0. The number of nitrogens with zero attached hydrogens (tertiary/aromatic N) is 5. The van der Waals surface area contributed by atoms with Crippen LogP contribution in [0.1, 0.15) is 5.56 Å². The van der Waals surface area contributed by atoms with Crippen molar-refractivity contribution in [3.05, 3.63) is 66.4 Å². The predicted octanol–water partition coefficient (Wildman–Crippen LogP) is 2.82. The first kappa shape index (κ1) is 22.0. The van der Waals surface area contributed by atoms with Crippen LogP contribution in [0.4, 0.5) is 23.5 Å². The summed E-state index contributed by atoms with van der Waals surface area (Å²) < 4.78 is 0. The molecule has 1 saturated heterocycles. The number of aromatic amines is 1. The summed E-state index contributed by atoms with van der Waals surface area (Å²) in [5.74, 6) is 1.21. The zero-order valence-corrected chi connectivity index (χ0v) is 19.2. The lowest BCUT2D eigenvalue weighted by Crippen LogP contribution is -2.47. The zero-order valence-electron chi connectivity index (χ0n) is 19.2. The minimum absolute atomic E-state index is 0.212. The fourth-order valence-electron chi connectivity index (χ4n) is 4.39. The lowest BCUT2D eigenvalue weighted by molar-refractivity contribution is 0.267. The number of nitrogen functional groups attached to an aromatic ring is 1. The molecule has 9 heteroatoms. The first-order valence-corrected chi connectivity index (χ1v) is 11.8. The number of hydrogen-bond acceptors (Lipinski definition) is 8. The number of H-pyrrole nitrogens is 1. The molecule has 1 aliphatic heterocycles. The maximum Gasteiger partial charge on any atom is 0.229 e. The molecule has 2 aromatic carbocycles. The van der Waals surface area contributed by atoms with Crippen LogP contribution >= 0.6 is 0 Å². The van der Waals surface area contributed by atoms with Crippen molar-refractivity contribution in [2.24, 2.45) is 0 Å². The van der Waals surface area contributed by atoms with Crippen LogP contribution in [0.2, 0.25) is 0 Å². The summed E-state index contributed by atoms with van der Waals surface area (Å²) in [6.45, 7) is 6.53. The van der Waals surface area contributed by atoms with Crippen LogP contribution in [0.15, 0.2) is 60.8 Å². The van der Waals surface area contributed by atoms with Crippen molar-refractivity contribution in [1.82, 2.24) is 24.8 Å². The molecule has 3 heterocycles. The van der Waals surface area contributed by atoms with Crippen LogP contribution in [0, 0.1) is 0 Å². The van der Waals surface area contributed by atoms with E-state index in [1.165, 1.54) is 16.6 Å². The van der Waals surface area contributed by atoms with E-state index in [1.807, 2.05) is 6.07 Å². The van der Waals surface area contributed by atoms with Gasteiger partial charge in [0.1, 0.15) is 0 Å². The molecule has 1 aliphatic rings. The van der Waals surface area contributed by atoms with Gasteiger partial charge in [-0.2, -0.15) is 15.0 Å². The first-order chi connectivity index (χ1) is 16.7. The van der Waals surface area contributed by atoms with Gasteiger partial charge >= 0.3 is 0 Å². The molecule has 0 saturated carbocycles. The van der Waals surface area contributed by atoms with Gasteiger partial charge in [-0.15, -0.1) is 0 Å². The van der Waals surface area contributed by atoms with Crippen LogP contribution in [-0.2, 0) is 6.42 Å². The molecule has 0 unspecified atom stereocenters. The second-order valence-electron chi connectivity index (χ2n) is 8.47. The largest absolute Gasteiger partial charge is 0.369 e. The number of aromatic nitrogens is 4. The summed E-state index contributed by atoms with van der Waals surface area (Å²) in [4.78, 5) is 21.2. The van der Waals surface area contributed by atoms with Crippen LogP contribution < -0.4 is 21.3 Å². The number of para-hydroxylation sites is 2. The van der Waals surface area contributed by atoms with E-state index >= 15 is 0 Å². The molecule has 0 spiro atoms. The highest BCUT2D eigenvalue weighted by Crippen LogP contribution is 2.18. The molecular formula is C25H31N9. The summed E-state index contributed by atoms with van der Waals surface area (Å²) in [6, 6.07) is 18.9. The van der Waals surface area contributed by atoms with Gasteiger partial charge in [0, 0.05) is 68.6 Å². The molecule has 4 aromatic rings. The summed E-state index contributed by atoms with van der Waals surface area (Å²) in [6.07, 6.45) is 2.91. The Labute approximate surface area is 199 Å². The first-order valence-electron chi connectivity index (χ1n) is 11.8. The monoisotopic (exact) mass is 457 g/mol. The van der Waals surface area contributed by atoms with Crippen molar-refractivity contribution in [2.75, 3.05) is 67.1 Å². The third kappa shape index (κ3) is 5.37. The average Bonchev–Trinajstić information content (AvgIpc) is 3.28. The van der Waals surface area contributed by atoms with Crippen molar-refractivity contribution in [1.29, 1.82) is 0 Å². The van der Waals surface area contributed by atoms with E-state index in [0.717, 1.165) is 51.2 Å². The molecule has 0 radical (unpaired) electrons. The molecule has 34 heavy (non-hydrogen) atoms. The fraction of sp³-hybridized carbons (Fsp3) is 0.320. The SMILES string of the molecule is Nc1nc(NCCc2c[nH]c3ccccc23)nc(NCCN2CCN(c3ccccc3)CC2)n1. The highest BCUT2D eigenvalue weighted by molar-refractivity contribution is 5.83. The minimum Gasteiger partial charge on any atom is -0.369 e. The summed E-state index contributed by atoms with van der Waals surface area (Å²) >= 11 is 0. The van der Waals surface area contributed by atoms with Gasteiger partial charge in [0.2, 0.25) is 17.8 Å². The normalized spacial score (nSPS) is 14.4. The van der Waals surface area contributed by atoms with Crippen molar-refractivity contribution >= 4 is 34.4 Å². The zero-order chi connectivity index (χ0) is 23.2. The second-order valence-corrected chi connectivity index (χ2v) is 8.47. The number of nitrogens with one attached hydrogen (secondary N) is 3. The minimum atomic E-state index is 0.212. The third-order valence-electron chi connectivity index (χ3n) is 6.21. The number of nitrogens with two attached hydrogens (primary N) is 1. The predicted molar refractivity (Wildman–Crippen MR) is 138 cm³/mol. The Morgan fingerprint density at radius 1 is 0.824 bits per heavy atom. The lowest BCUT2D eigenvalue weighted by atomic mass is 10.1. The van der Waals surface area contributed by atoms with E-state index < -0.39 is 0 Å². The van der Waals surface area contributed by atoms with Crippen LogP contribution in [0.5, 0.6) is 0 Å². The van der Waals surface area contributed by atoms with E-state index in [0.29, 0.717) is 18.4 Å². The molecule has 0 amide bonds. The van der Waals surface area contributed by atoms with Crippen molar-refractivity contribution in [3.8, 4) is 0 Å². The molecule has 1 fully saturated rings. The van der Waals surface area contributed by atoms with Gasteiger partial charge in [0.05, 0.1) is 0 Å². The number of fused-ring (bicyclic) bond motifs is 1. The Hall–Kier alpha value is -3.85. The van der Waals surface area contributed by atoms with E-state index in [4.69, 9.17) is 5.73 Å². The molecule has 176 valence electrons. The Balaban J connectivity index is 1.08. The molecule has 0 aliphatic carbocycles. The fourth-order valence-corrected chi connectivity index (χ4v) is 4.39. The third-order valence-corrected chi connectivity index (χ3v) is 6.21. The molecule has 9 nitrogen and oxygen atoms in total. The van der Waals surface area contributed by atoms with Crippen molar-refractivity contribution in [3.63, 3.8) is 0 Å². The van der Waals surface area contributed by atoms with Crippen LogP contribution in [-0.4, -0.2) is 70.6 Å². The van der Waals surface area contributed by atoms with Crippen molar-refractivity contribution < 1.29 is 0 Å². The van der Waals surface area contributed by atoms with E-state index in [1.54, 1.807) is 0 Å². The maximum atomic E-state index is 5.92. The highest BCUT2D eigenvalue weighted by Gasteiger charge is 2.16. The topological polar surface area (TPSA) is 111 Å². The van der Waals surface area contributed by atoms with Gasteiger partial charge in [-0.1, -0.05) is 36.4 Å². The lowest BCUT2D eigenvalue weighted by Gasteiger charge is -2.36. The van der Waals surface area contributed by atoms with E-state index in [-0.39, 0.29) is 5.95 Å². The standard InChI is InChI=1S/C25H31N9/c26-23-30-24(27-11-10-19-18-29-22-9-5-4-8-21(19)22)32-25(31-23)28-12-13-33-14-16-34(17-15-33)20-6-2-1-3-7-20/h1-9,18,29H,10-17H2,(H4,26,27,28,30,31,32). The van der Waals surface area contributed by atoms with E-state index in [2.05, 4.69) is 95.1 Å². The number of hydrogen-bond donors (Lipinski definition) is 4. The second kappa shape index (κ2) is 10.4. The van der Waals surface area contributed by atoms with Gasteiger partial charge in [0.15, 0.2) is 0 Å². The van der Waals surface area contributed by atoms with Gasteiger partial charge < -0.3 is 26.3 Å². The Kier molecular flexibility index (Phi) is 6.71. The Morgan fingerprint density at radius 3 is 2.32 bits per heavy atom. The number of piperazine rings is 1.